The molecule has 1 N–H and O–H groups in total. The van der Waals surface area contributed by atoms with Gasteiger partial charge in [0, 0.05) is 45.2 Å². The summed E-state index contributed by atoms with van der Waals surface area (Å²) in [5.74, 6) is 0.0275. The van der Waals surface area contributed by atoms with Crippen molar-refractivity contribution in [2.24, 2.45) is 5.92 Å². The zero-order valence-corrected chi connectivity index (χ0v) is 27.9. The Kier molecular flexibility index (Phi) is 16.4. The maximum atomic E-state index is 13.8. The summed E-state index contributed by atoms with van der Waals surface area (Å²) < 4.78 is 6.00. The SMILES string of the molecule is CC(C)CC1NC(=O)CC/C=C\CCCCN(C)C(=O)C(Cc2cc(Cl)cnc2OC2CC2)N(C)C1=O.[C-]#N.[CH3-].[Fm]. The summed E-state index contributed by atoms with van der Waals surface area (Å²) in [6, 6.07) is 0.254. The summed E-state index contributed by atoms with van der Waals surface area (Å²) in [5.41, 5.74) is 0.690. The molecule has 2 heterocycles. The molecule has 0 radical (unpaired) electrons. The van der Waals surface area contributed by atoms with Gasteiger partial charge >= 0.3 is 0 Å². The molecule has 3 rings (SSSR count). The Morgan fingerprint density at radius 3 is 2.41 bits per heavy atom. The van der Waals surface area contributed by atoms with Gasteiger partial charge in [0.15, 0.2) is 0 Å². The van der Waals surface area contributed by atoms with E-state index in [0.717, 1.165) is 32.1 Å². The van der Waals surface area contributed by atoms with Crippen LogP contribution in [-0.4, -0.2) is 71.3 Å². The first-order chi connectivity index (χ1) is 18.7. The number of halogens is 1. The van der Waals surface area contributed by atoms with Gasteiger partial charge in [0.2, 0.25) is 23.6 Å². The number of aromatic nitrogens is 1. The van der Waals surface area contributed by atoms with E-state index in [4.69, 9.17) is 28.2 Å². The molecule has 0 spiro atoms. The summed E-state index contributed by atoms with van der Waals surface area (Å²) in [7, 11) is 3.42. The number of likely N-dealkylation sites (N-methyl/N-ethyl adjacent to an activating group) is 2. The maximum absolute atomic E-state index is 13.8. The molecule has 3 amide bonds. The maximum Gasteiger partial charge on any atom is 0.245 e. The fourth-order valence-electron chi connectivity index (χ4n) is 4.45. The molecular weight excluding hydrogens is 787 g/mol. The molecule has 1 aliphatic carbocycles. The minimum absolute atomic E-state index is 0. The van der Waals surface area contributed by atoms with E-state index in [9.17, 15) is 14.4 Å². The first-order valence-corrected chi connectivity index (χ1v) is 14.0. The summed E-state index contributed by atoms with van der Waals surface area (Å²) in [4.78, 5) is 47.7. The minimum Gasteiger partial charge on any atom is -0.512 e. The van der Waals surface area contributed by atoms with E-state index in [-0.39, 0.29) is 43.6 Å². The molecule has 41 heavy (non-hydrogen) atoms. The first kappa shape index (κ1) is 36.9. The van der Waals surface area contributed by atoms with Gasteiger partial charge in [0.05, 0.1) is 5.02 Å². The van der Waals surface area contributed by atoms with Crippen molar-refractivity contribution in [2.75, 3.05) is 20.6 Å². The fourth-order valence-corrected chi connectivity index (χ4v) is 4.63. The molecule has 2 unspecified atom stereocenters. The van der Waals surface area contributed by atoms with Crippen LogP contribution in [0.5, 0.6) is 5.88 Å². The van der Waals surface area contributed by atoms with E-state index >= 15 is 0 Å². The third-order valence-electron chi connectivity index (χ3n) is 6.74. The second-order valence-electron chi connectivity index (χ2n) is 10.6. The smallest absolute Gasteiger partial charge is 0.245 e. The van der Waals surface area contributed by atoms with Gasteiger partial charge in [0.25, 0.3) is 0 Å². The molecule has 11 heteroatoms. The Hall–Kier alpha value is -4.12. The minimum atomic E-state index is -0.793. The van der Waals surface area contributed by atoms with Crippen molar-refractivity contribution in [1.82, 2.24) is 20.1 Å². The second kappa shape index (κ2) is 18.3. The van der Waals surface area contributed by atoms with E-state index in [1.165, 1.54) is 11.1 Å². The van der Waals surface area contributed by atoms with Crippen LogP contribution in [0.3, 0.4) is 0 Å². The molecule has 0 bridgehead atoms. The van der Waals surface area contributed by atoms with Gasteiger partial charge in [0.1, 0.15) is 18.2 Å². The number of carbonyl (C=O) groups excluding carboxylic acids is 3. The van der Waals surface area contributed by atoms with Crippen molar-refractivity contribution in [3.8, 4) is 5.88 Å². The molecule has 1 aromatic heterocycles. The second-order valence-corrected chi connectivity index (χ2v) is 11.1. The van der Waals surface area contributed by atoms with Gasteiger partial charge in [-0.3, -0.25) is 14.4 Å². The van der Waals surface area contributed by atoms with Gasteiger partial charge in [-0.1, -0.05) is 37.6 Å². The molecule has 234 valence electrons. The third kappa shape index (κ3) is 11.9. The summed E-state index contributed by atoms with van der Waals surface area (Å²) >= 11 is 6.27. The number of pyridine rings is 1. The first-order valence-electron chi connectivity index (χ1n) is 13.6. The predicted molar refractivity (Wildman–Crippen MR) is 156 cm³/mol. The van der Waals surface area contributed by atoms with E-state index in [1.54, 1.807) is 25.1 Å². The van der Waals surface area contributed by atoms with Crippen LogP contribution in [0, 0.1) is 25.2 Å². The Morgan fingerprint density at radius 2 is 1.78 bits per heavy atom. The number of hydrogen-bond acceptors (Lipinski definition) is 6. The normalized spacial score (nSPS) is 21.5. The van der Waals surface area contributed by atoms with Crippen LogP contribution in [-0.2, 0) is 20.8 Å². The molecule has 1 fully saturated rings. The zero-order chi connectivity index (χ0) is 28.9. The standard InChI is InChI=1S/C28H41ClN4O4.CN.CH3.Fm/c1-19(2)15-23-27(35)33(4)24(17-20-16-21(29)18-30-26(20)37-22-12-13-22)28(36)32(3)14-10-8-6-5-7-9-11-25(34)31-23;1-2;;/h5,7,16,18-19,22-24H,6,8-15,17H2,1-4H3,(H,31,34);;1H3;/q;2*-1;/b7-5-;;;. The Labute approximate surface area is 244 Å². The van der Waals surface area contributed by atoms with Crippen molar-refractivity contribution >= 4 is 29.3 Å². The van der Waals surface area contributed by atoms with E-state index in [2.05, 4.69) is 16.4 Å². The number of rotatable bonds is 6. The fraction of sp³-hybridized carbons (Fsp3) is 0.600. The molecule has 0 saturated heterocycles. The average molecular weight is 831 g/mol. The molecule has 0 aromatic carbocycles. The van der Waals surface area contributed by atoms with Crippen molar-refractivity contribution < 1.29 is 19.1 Å². The Morgan fingerprint density at radius 1 is 1.12 bits per heavy atom. The summed E-state index contributed by atoms with van der Waals surface area (Å²) in [5, 5.41) is 9.62. The number of ether oxygens (including phenoxy) is 1. The number of hydrogen-bond donors (Lipinski definition) is 1. The van der Waals surface area contributed by atoms with E-state index in [1.807, 2.05) is 19.9 Å². The molecular formula is C30H44ClFmN5O4-2. The number of carbonyl (C=O) groups is 3. The number of allylic oxidation sites excluding steroid dienone is 2. The van der Waals surface area contributed by atoms with Crippen molar-refractivity contribution in [1.29, 1.82) is 5.26 Å². The van der Waals surface area contributed by atoms with Gasteiger partial charge in [-0.15, -0.1) is 0 Å². The van der Waals surface area contributed by atoms with Gasteiger partial charge in [-0.25, -0.2) is 4.98 Å². The van der Waals surface area contributed by atoms with Crippen LogP contribution in [0.4, 0.5) is 0 Å². The van der Waals surface area contributed by atoms with Gasteiger partial charge in [-0.2, -0.15) is 0 Å². The molecule has 9 nitrogen and oxygen atoms in total. The summed E-state index contributed by atoms with van der Waals surface area (Å²) in [6.45, 7) is 9.37. The zero-order valence-electron chi connectivity index (χ0n) is 24.8. The van der Waals surface area contributed by atoms with Crippen molar-refractivity contribution in [3.63, 3.8) is 0 Å². The monoisotopic (exact) mass is 830 g/mol. The molecule has 2 aliphatic rings. The van der Waals surface area contributed by atoms with Crippen molar-refractivity contribution in [3.05, 3.63) is 49.0 Å². The Balaban J connectivity index is 0.00000391. The number of nitrogens with one attached hydrogen (secondary N) is 1. The van der Waals surface area contributed by atoms with Crippen LogP contribution in [0.25, 0.3) is 0 Å². The van der Waals surface area contributed by atoms with E-state index in [0.29, 0.717) is 42.3 Å². The van der Waals surface area contributed by atoms with Crippen LogP contribution in [0.2, 0.25) is 5.02 Å². The largest absolute Gasteiger partial charge is 0.512 e. The molecule has 1 aliphatic heterocycles. The van der Waals surface area contributed by atoms with Crippen LogP contribution in [0.1, 0.15) is 70.8 Å². The van der Waals surface area contributed by atoms with Crippen molar-refractivity contribution in [2.45, 2.75) is 89.8 Å². The number of amides is 3. The molecule has 2 atom stereocenters. The van der Waals surface area contributed by atoms with Gasteiger partial charge < -0.3 is 39.1 Å². The molecule has 1 aromatic rings. The van der Waals surface area contributed by atoms with Gasteiger partial charge in [-0.05, 0) is 56.9 Å². The van der Waals surface area contributed by atoms with Crippen LogP contribution >= 0.6 is 11.6 Å². The topological polar surface area (TPSA) is 116 Å². The van der Waals surface area contributed by atoms with E-state index < -0.39 is 12.1 Å². The summed E-state index contributed by atoms with van der Waals surface area (Å²) in [6.07, 6.45) is 12.0. The Bertz CT molecular complexity index is 1030. The quantitative estimate of drug-likeness (QED) is 0.329. The third-order valence-corrected chi connectivity index (χ3v) is 6.95. The molecule has 1 saturated carbocycles. The van der Waals surface area contributed by atoms with Crippen LogP contribution < -0.4 is 10.1 Å². The predicted octanol–water partition coefficient (Wildman–Crippen LogP) is 4.70. The number of nitrogens with zero attached hydrogens (tertiary/aromatic N) is 4. The average Bonchev–Trinajstić information content (AvgIpc) is 3.73. The van der Waals surface area contributed by atoms with Crippen LogP contribution in [0.15, 0.2) is 24.4 Å².